The summed E-state index contributed by atoms with van der Waals surface area (Å²) in [6.45, 7) is 19.7. The topological polar surface area (TPSA) is 63.2 Å². The molecule has 2 atom stereocenters. The summed E-state index contributed by atoms with van der Waals surface area (Å²) >= 11 is 0. The second-order valence-electron chi connectivity index (χ2n) is 10.5. The molecule has 2 aromatic carbocycles. The third-order valence-electron chi connectivity index (χ3n) is 4.99. The van der Waals surface area contributed by atoms with Crippen LogP contribution in [0, 0.1) is 23.1 Å². The molecule has 0 spiro atoms. The predicted octanol–water partition coefficient (Wildman–Crippen LogP) is 8.31. The molecule has 0 saturated carbocycles. The van der Waals surface area contributed by atoms with E-state index >= 15 is 0 Å². The molecule has 0 fully saturated rings. The molecule has 0 bridgehead atoms. The first-order chi connectivity index (χ1) is 17.8. The van der Waals surface area contributed by atoms with E-state index in [4.69, 9.17) is 0 Å². The lowest BCUT2D eigenvalue weighted by Crippen LogP contribution is -2.42. The van der Waals surface area contributed by atoms with E-state index in [0.717, 1.165) is 0 Å². The van der Waals surface area contributed by atoms with E-state index in [1.165, 1.54) is 24.3 Å². The third-order valence-corrected chi connectivity index (χ3v) is 4.99. The molecule has 38 heavy (non-hydrogen) atoms. The van der Waals surface area contributed by atoms with Gasteiger partial charge < -0.3 is 5.32 Å². The Bertz CT molecular complexity index is 1060. The maximum atomic E-state index is 13.5. The van der Waals surface area contributed by atoms with Crippen LogP contribution < -0.4 is 5.32 Å². The number of nitrogens with one attached hydrogen (secondary N) is 1. The zero-order chi connectivity index (χ0) is 29.5. The van der Waals surface area contributed by atoms with Crippen molar-refractivity contribution in [1.82, 2.24) is 5.32 Å². The molecular weight excluding hydrogens is 477 g/mol. The van der Waals surface area contributed by atoms with Crippen molar-refractivity contribution < 1.29 is 18.8 Å². The standard InChI is InChI=1S/C26H28FNO3.C5H12.C2H6/c1-5-10-21(6-2)28-26(31)23(24(29)17(3)4)22(18-11-8-7-9-12-18)25(30)19-13-15-20(27)16-14-19;1-5(2,3)4;1-2/h5-17,22-23H,1-4H3,(H,28,31);1-4H3;1-2H3/b10-5-,21-6+;;. The quantitative estimate of drug-likeness (QED) is 0.204. The van der Waals surface area contributed by atoms with Crippen LogP contribution in [0.25, 0.3) is 0 Å². The molecule has 0 heterocycles. The van der Waals surface area contributed by atoms with Crippen LogP contribution in [0.3, 0.4) is 0 Å². The lowest BCUT2D eigenvalue weighted by molar-refractivity contribution is -0.136. The average Bonchev–Trinajstić information content (AvgIpc) is 2.87. The van der Waals surface area contributed by atoms with E-state index in [2.05, 4.69) is 33.0 Å². The van der Waals surface area contributed by atoms with Gasteiger partial charge in [-0.25, -0.2) is 4.39 Å². The first-order valence-electron chi connectivity index (χ1n) is 13.3. The van der Waals surface area contributed by atoms with Gasteiger partial charge in [-0.3, -0.25) is 14.4 Å². The molecule has 0 aliphatic heterocycles. The number of halogens is 1. The molecule has 0 aliphatic carbocycles. The van der Waals surface area contributed by atoms with Crippen molar-refractivity contribution in [2.24, 2.45) is 17.3 Å². The monoisotopic (exact) mass is 523 g/mol. The van der Waals surface area contributed by atoms with Gasteiger partial charge in [-0.05, 0) is 55.2 Å². The van der Waals surface area contributed by atoms with Crippen LogP contribution in [0.2, 0.25) is 0 Å². The number of allylic oxidation sites excluding steroid dienone is 3. The lowest BCUT2D eigenvalue weighted by atomic mass is 9.75. The van der Waals surface area contributed by atoms with Gasteiger partial charge in [0.15, 0.2) is 5.78 Å². The van der Waals surface area contributed by atoms with Gasteiger partial charge in [-0.15, -0.1) is 0 Å². The average molecular weight is 524 g/mol. The van der Waals surface area contributed by atoms with Gasteiger partial charge in [0.2, 0.25) is 5.91 Å². The van der Waals surface area contributed by atoms with Gasteiger partial charge in [0, 0.05) is 17.2 Å². The smallest absolute Gasteiger partial charge is 0.236 e. The van der Waals surface area contributed by atoms with Crippen molar-refractivity contribution in [2.45, 2.75) is 75.2 Å². The molecule has 0 saturated heterocycles. The first kappa shape index (κ1) is 34.7. The summed E-state index contributed by atoms with van der Waals surface area (Å²) in [5.41, 5.74) is 1.83. The third kappa shape index (κ3) is 12.3. The van der Waals surface area contributed by atoms with Crippen LogP contribution in [0.5, 0.6) is 0 Å². The highest BCUT2D eigenvalue weighted by Gasteiger charge is 2.41. The molecule has 4 nitrogen and oxygen atoms in total. The molecule has 0 aliphatic rings. The first-order valence-corrected chi connectivity index (χ1v) is 13.3. The fourth-order valence-corrected chi connectivity index (χ4v) is 3.36. The Morgan fingerprint density at radius 1 is 0.868 bits per heavy atom. The van der Waals surface area contributed by atoms with Crippen LogP contribution in [0.1, 0.15) is 91.1 Å². The number of rotatable bonds is 9. The molecule has 2 unspecified atom stereocenters. The maximum Gasteiger partial charge on any atom is 0.236 e. The second kappa shape index (κ2) is 17.2. The van der Waals surface area contributed by atoms with Gasteiger partial charge in [-0.1, -0.05) is 97.9 Å². The number of benzene rings is 2. The van der Waals surface area contributed by atoms with Crippen molar-refractivity contribution in [1.29, 1.82) is 0 Å². The summed E-state index contributed by atoms with van der Waals surface area (Å²) in [5, 5.41) is 2.77. The fraction of sp³-hybridized carbons (Fsp3) is 0.424. The van der Waals surface area contributed by atoms with E-state index in [-0.39, 0.29) is 11.3 Å². The maximum absolute atomic E-state index is 13.5. The number of ketones is 2. The number of hydrogen-bond donors (Lipinski definition) is 1. The Morgan fingerprint density at radius 2 is 1.37 bits per heavy atom. The highest BCUT2D eigenvalue weighted by Crippen LogP contribution is 2.32. The molecule has 0 aromatic heterocycles. The lowest BCUT2D eigenvalue weighted by Gasteiger charge is -2.26. The molecule has 1 amide bonds. The number of hydrogen-bond acceptors (Lipinski definition) is 3. The van der Waals surface area contributed by atoms with E-state index in [1.54, 1.807) is 69.3 Å². The van der Waals surface area contributed by atoms with Crippen molar-refractivity contribution in [3.05, 3.63) is 95.5 Å². The summed E-state index contributed by atoms with van der Waals surface area (Å²) < 4.78 is 13.4. The van der Waals surface area contributed by atoms with Crippen LogP contribution >= 0.6 is 0 Å². The summed E-state index contributed by atoms with van der Waals surface area (Å²) in [5.74, 6) is -4.49. The second-order valence-corrected chi connectivity index (χ2v) is 10.5. The fourth-order valence-electron chi connectivity index (χ4n) is 3.36. The summed E-state index contributed by atoms with van der Waals surface area (Å²) in [7, 11) is 0. The minimum Gasteiger partial charge on any atom is -0.326 e. The number of amides is 1. The van der Waals surface area contributed by atoms with Gasteiger partial charge in [-0.2, -0.15) is 0 Å². The zero-order valence-corrected chi connectivity index (χ0v) is 24.8. The van der Waals surface area contributed by atoms with Gasteiger partial charge in [0.1, 0.15) is 17.5 Å². The van der Waals surface area contributed by atoms with Crippen molar-refractivity contribution in [3.63, 3.8) is 0 Å². The molecular formula is C33H46FNO3. The Morgan fingerprint density at radius 3 is 1.79 bits per heavy atom. The van der Waals surface area contributed by atoms with Crippen molar-refractivity contribution >= 4 is 17.5 Å². The van der Waals surface area contributed by atoms with Gasteiger partial charge in [0.05, 0.1) is 5.92 Å². The minimum absolute atomic E-state index is 0.240. The Hall–Kier alpha value is -3.34. The summed E-state index contributed by atoms with van der Waals surface area (Å²) in [6, 6.07) is 13.9. The number of carbonyl (C=O) groups excluding carboxylic acids is 3. The van der Waals surface area contributed by atoms with E-state index in [1.807, 2.05) is 20.8 Å². The molecule has 0 radical (unpaired) electrons. The van der Waals surface area contributed by atoms with Crippen molar-refractivity contribution in [2.75, 3.05) is 0 Å². The van der Waals surface area contributed by atoms with E-state index in [0.29, 0.717) is 16.7 Å². The predicted molar refractivity (Wildman–Crippen MR) is 156 cm³/mol. The Balaban J connectivity index is 0.00000175. The van der Waals surface area contributed by atoms with Crippen LogP contribution in [-0.4, -0.2) is 17.5 Å². The molecule has 2 rings (SSSR count). The van der Waals surface area contributed by atoms with Crippen molar-refractivity contribution in [3.8, 4) is 0 Å². The molecule has 208 valence electrons. The SMILES string of the molecule is C/C=C\C(=C/C)NC(=O)C(C(=O)C(C)C)C(C(=O)c1ccc(F)cc1)c1ccccc1.CC.CC(C)(C)C. The zero-order valence-electron chi connectivity index (χ0n) is 24.8. The van der Waals surface area contributed by atoms with E-state index < -0.39 is 35.3 Å². The molecule has 2 aromatic rings. The highest BCUT2D eigenvalue weighted by molar-refractivity contribution is 6.12. The highest BCUT2D eigenvalue weighted by atomic mass is 19.1. The normalized spacial score (nSPS) is 13.0. The Kier molecular flexibility index (Phi) is 15.7. The van der Waals surface area contributed by atoms with Crippen LogP contribution in [0.4, 0.5) is 4.39 Å². The summed E-state index contributed by atoms with van der Waals surface area (Å²) in [4.78, 5) is 40.1. The van der Waals surface area contributed by atoms with Crippen LogP contribution in [0.15, 0.2) is 78.5 Å². The van der Waals surface area contributed by atoms with Gasteiger partial charge >= 0.3 is 0 Å². The minimum atomic E-state index is -1.24. The van der Waals surface area contributed by atoms with Crippen LogP contribution in [-0.2, 0) is 9.59 Å². The largest absolute Gasteiger partial charge is 0.326 e. The number of carbonyl (C=O) groups is 3. The molecule has 1 N–H and O–H groups in total. The van der Waals surface area contributed by atoms with E-state index in [9.17, 15) is 18.8 Å². The molecule has 5 heteroatoms. The van der Waals surface area contributed by atoms with Gasteiger partial charge in [0.25, 0.3) is 0 Å². The Labute approximate surface area is 229 Å². The number of Topliss-reactive ketones (excluding diaryl/α,β-unsaturated/α-hetero) is 2. The summed E-state index contributed by atoms with van der Waals surface area (Å²) in [6.07, 6.45) is 5.20.